The molecule has 12 heteroatoms. The van der Waals surface area contributed by atoms with E-state index in [2.05, 4.69) is 0 Å². The second-order valence-corrected chi connectivity index (χ2v) is 10.2. The van der Waals surface area contributed by atoms with Gasteiger partial charge in [0.1, 0.15) is 23.9 Å². The maximum absolute atomic E-state index is 12.3. The average molecular weight is 570 g/mol. The van der Waals surface area contributed by atoms with Gasteiger partial charge in [-0.05, 0) is 63.6 Å². The second kappa shape index (κ2) is 16.5. The minimum atomic E-state index is -1.87. The summed E-state index contributed by atoms with van der Waals surface area (Å²) in [6.45, 7) is 12.7. The molecule has 1 aromatic carbocycles. The van der Waals surface area contributed by atoms with Crippen molar-refractivity contribution in [3.8, 4) is 11.5 Å². The highest BCUT2D eigenvalue weighted by Gasteiger charge is 2.37. The molecule has 0 radical (unpaired) electrons. The number of aliphatic carboxylic acids is 1. The molecule has 3 N–H and O–H groups in total. The number of hydrogen-bond acceptors (Lipinski definition) is 11. The smallest absolute Gasteiger partial charge is 0.480 e. The highest BCUT2D eigenvalue weighted by Crippen LogP contribution is 2.32. The van der Waals surface area contributed by atoms with E-state index in [4.69, 9.17) is 34.2 Å². The van der Waals surface area contributed by atoms with Crippen LogP contribution < -0.4 is 15.2 Å². The third kappa shape index (κ3) is 12.5. The fourth-order valence-corrected chi connectivity index (χ4v) is 3.28. The summed E-state index contributed by atoms with van der Waals surface area (Å²) in [6, 6.07) is 4.11. The van der Waals surface area contributed by atoms with Gasteiger partial charge in [0.25, 0.3) is 0 Å². The zero-order valence-corrected chi connectivity index (χ0v) is 24.4. The lowest BCUT2D eigenvalue weighted by molar-refractivity contribution is -0.144. The Morgan fingerprint density at radius 3 is 1.85 bits per heavy atom. The van der Waals surface area contributed by atoms with Crippen molar-refractivity contribution in [3.05, 3.63) is 23.8 Å². The van der Waals surface area contributed by atoms with Crippen LogP contribution in [0, 0.1) is 5.92 Å². The highest BCUT2D eigenvalue weighted by atomic mass is 16.8. The van der Waals surface area contributed by atoms with Crippen LogP contribution in [0.2, 0.25) is 0 Å². The molecule has 0 aromatic heterocycles. The third-order valence-electron chi connectivity index (χ3n) is 5.95. The van der Waals surface area contributed by atoms with Crippen molar-refractivity contribution in [1.29, 1.82) is 0 Å². The van der Waals surface area contributed by atoms with Crippen molar-refractivity contribution in [2.24, 2.45) is 11.7 Å². The highest BCUT2D eigenvalue weighted by molar-refractivity contribution is 5.79. The Kier molecular flexibility index (Phi) is 14.3. The summed E-state index contributed by atoms with van der Waals surface area (Å²) in [6.07, 6.45) is -3.41. The Morgan fingerprint density at radius 2 is 1.35 bits per heavy atom. The zero-order valence-electron chi connectivity index (χ0n) is 24.4. The van der Waals surface area contributed by atoms with Crippen LogP contribution in [0.5, 0.6) is 11.5 Å². The van der Waals surface area contributed by atoms with Crippen molar-refractivity contribution in [1.82, 2.24) is 0 Å². The maximum atomic E-state index is 12.3. The van der Waals surface area contributed by atoms with E-state index in [0.29, 0.717) is 30.7 Å². The molecule has 3 unspecified atom stereocenters. The first kappa shape index (κ1) is 34.5. The Bertz CT molecular complexity index is 996. The molecule has 0 aliphatic rings. The molecule has 0 amide bonds. The summed E-state index contributed by atoms with van der Waals surface area (Å²) < 4.78 is 31.0. The summed E-state index contributed by atoms with van der Waals surface area (Å²) in [5.74, 6) is -1.34. The molecular formula is C28H43NO11. The van der Waals surface area contributed by atoms with Gasteiger partial charge in [-0.3, -0.25) is 4.79 Å². The number of rotatable bonds is 15. The van der Waals surface area contributed by atoms with E-state index >= 15 is 0 Å². The maximum Gasteiger partial charge on any atom is 0.514 e. The number of nitrogens with two attached hydrogens (primary N) is 1. The van der Waals surface area contributed by atoms with Crippen LogP contribution in [0.1, 0.15) is 79.7 Å². The summed E-state index contributed by atoms with van der Waals surface area (Å²) in [4.78, 5) is 48.6. The lowest BCUT2D eigenvalue weighted by atomic mass is 9.86. The van der Waals surface area contributed by atoms with Gasteiger partial charge < -0.3 is 39.3 Å². The van der Waals surface area contributed by atoms with Gasteiger partial charge in [-0.15, -0.1) is 0 Å². The van der Waals surface area contributed by atoms with Gasteiger partial charge in [-0.2, -0.15) is 0 Å². The van der Waals surface area contributed by atoms with Crippen molar-refractivity contribution in [3.63, 3.8) is 0 Å². The Morgan fingerprint density at radius 1 is 0.825 bits per heavy atom. The van der Waals surface area contributed by atoms with Crippen LogP contribution in [0.3, 0.4) is 0 Å². The van der Waals surface area contributed by atoms with Crippen LogP contribution in [-0.2, 0) is 30.2 Å². The van der Waals surface area contributed by atoms with Gasteiger partial charge in [0.2, 0.25) is 0 Å². The molecule has 0 saturated heterocycles. The molecule has 1 aromatic rings. The lowest BCUT2D eigenvalue weighted by Gasteiger charge is -2.28. The quantitative estimate of drug-likeness (QED) is 0.152. The number of carbonyl (C=O) groups excluding carboxylic acids is 3. The van der Waals surface area contributed by atoms with Crippen molar-refractivity contribution < 1.29 is 52.7 Å². The van der Waals surface area contributed by atoms with E-state index in [1.165, 1.54) is 25.1 Å². The largest absolute Gasteiger partial charge is 0.514 e. The van der Waals surface area contributed by atoms with Crippen LogP contribution >= 0.6 is 0 Å². The molecule has 226 valence electrons. The van der Waals surface area contributed by atoms with E-state index in [1.807, 2.05) is 27.7 Å². The lowest BCUT2D eigenvalue weighted by Crippen LogP contribution is -2.52. The van der Waals surface area contributed by atoms with E-state index in [-0.39, 0.29) is 30.9 Å². The van der Waals surface area contributed by atoms with Gasteiger partial charge >= 0.3 is 24.4 Å². The Balaban J connectivity index is 3.12. The van der Waals surface area contributed by atoms with Crippen LogP contribution in [-0.4, -0.2) is 60.0 Å². The molecule has 0 heterocycles. The van der Waals surface area contributed by atoms with E-state index in [1.54, 1.807) is 13.8 Å². The molecule has 0 fully saturated rings. The zero-order chi connectivity index (χ0) is 30.5. The molecular weight excluding hydrogens is 526 g/mol. The van der Waals surface area contributed by atoms with E-state index < -0.39 is 48.3 Å². The van der Waals surface area contributed by atoms with E-state index in [9.17, 15) is 24.3 Å². The van der Waals surface area contributed by atoms with Crippen molar-refractivity contribution in [2.75, 3.05) is 6.61 Å². The first-order valence-corrected chi connectivity index (χ1v) is 13.4. The molecule has 0 bridgehead atoms. The Labute approximate surface area is 235 Å². The first-order valence-electron chi connectivity index (χ1n) is 13.4. The SMILES string of the molecule is CCC(C)OC(=O)Oc1ccc(CC(N)(C[C@H](C)OC(=O)OCCC(C)C)C(=O)O)cc1OC(=O)OC(C)CC. The van der Waals surface area contributed by atoms with Gasteiger partial charge in [0, 0.05) is 12.8 Å². The molecule has 12 nitrogen and oxygen atoms in total. The fraction of sp³-hybridized carbons (Fsp3) is 0.643. The third-order valence-corrected chi connectivity index (χ3v) is 5.95. The molecule has 0 aliphatic carbocycles. The van der Waals surface area contributed by atoms with Gasteiger partial charge in [0.15, 0.2) is 11.5 Å². The minimum Gasteiger partial charge on any atom is -0.480 e. The minimum absolute atomic E-state index is 0.142. The van der Waals surface area contributed by atoms with Crippen LogP contribution in [0.25, 0.3) is 0 Å². The summed E-state index contributed by atoms with van der Waals surface area (Å²) in [5, 5.41) is 9.91. The molecule has 1 rings (SSSR count). The predicted octanol–water partition coefficient (Wildman–Crippen LogP) is 5.62. The second-order valence-electron chi connectivity index (χ2n) is 10.2. The number of benzene rings is 1. The standard InChI is InChI=1S/C28H43NO11/c1-8-18(5)36-26(33)39-22-11-10-21(14-23(22)40-27(34)37-19(6)9-2)16-28(29,24(30)31)15-20(7)38-25(32)35-13-12-17(3)4/h10-11,14,17-20H,8-9,12-13,15-16,29H2,1-7H3,(H,30,31)/t18?,19?,20-,28?/m0/s1. The van der Waals surface area contributed by atoms with Crippen LogP contribution in [0.15, 0.2) is 18.2 Å². The fourth-order valence-electron chi connectivity index (χ4n) is 3.28. The molecule has 0 aliphatic heterocycles. The predicted molar refractivity (Wildman–Crippen MR) is 144 cm³/mol. The Hall–Kier alpha value is -3.54. The van der Waals surface area contributed by atoms with Crippen molar-refractivity contribution >= 4 is 24.4 Å². The van der Waals surface area contributed by atoms with E-state index in [0.717, 1.165) is 0 Å². The average Bonchev–Trinajstić information content (AvgIpc) is 2.84. The number of carbonyl (C=O) groups is 4. The normalized spacial score (nSPS) is 14.7. The van der Waals surface area contributed by atoms with Crippen molar-refractivity contribution in [2.45, 2.75) is 104 Å². The molecule has 0 spiro atoms. The monoisotopic (exact) mass is 569 g/mol. The summed E-state index contributed by atoms with van der Waals surface area (Å²) in [7, 11) is 0. The first-order chi connectivity index (χ1) is 18.7. The number of hydrogen-bond donors (Lipinski definition) is 2. The number of carboxylic acid groups (broad SMARTS) is 1. The summed E-state index contributed by atoms with van der Waals surface area (Å²) in [5.41, 5.74) is 4.71. The molecule has 4 atom stereocenters. The topological polar surface area (TPSA) is 170 Å². The molecule has 40 heavy (non-hydrogen) atoms. The number of carboxylic acids is 1. The van der Waals surface area contributed by atoms with Gasteiger partial charge in [-0.1, -0.05) is 33.8 Å². The van der Waals surface area contributed by atoms with Gasteiger partial charge in [0.05, 0.1) is 6.61 Å². The molecule has 0 saturated carbocycles. The summed E-state index contributed by atoms with van der Waals surface area (Å²) >= 11 is 0. The van der Waals surface area contributed by atoms with Crippen LogP contribution in [0.4, 0.5) is 14.4 Å². The number of ether oxygens (including phenoxy) is 6. The van der Waals surface area contributed by atoms with Gasteiger partial charge in [-0.25, -0.2) is 14.4 Å².